The van der Waals surface area contributed by atoms with E-state index in [1.54, 1.807) is 4.31 Å². The largest absolute Gasteiger partial charge is 0.380 e. The molecular weight excluding hydrogens is 254 g/mol. The molecule has 1 aliphatic rings. The Morgan fingerprint density at radius 2 is 2.22 bits per heavy atom. The molecule has 1 rings (SSSR count). The van der Waals surface area contributed by atoms with E-state index in [2.05, 4.69) is 11.6 Å². The van der Waals surface area contributed by atoms with Crippen LogP contribution in [0.15, 0.2) is 0 Å². The minimum atomic E-state index is -3.31. The van der Waals surface area contributed by atoms with Gasteiger partial charge in [-0.25, -0.2) is 4.72 Å². The molecule has 1 heterocycles. The Labute approximate surface area is 110 Å². The average Bonchev–Trinajstić information content (AvgIpc) is 2.33. The van der Waals surface area contributed by atoms with E-state index in [1.165, 1.54) is 0 Å². The Bertz CT molecular complexity index is 321. The first-order valence-electron chi connectivity index (χ1n) is 6.59. The van der Waals surface area contributed by atoms with Gasteiger partial charge in [0, 0.05) is 32.8 Å². The van der Waals surface area contributed by atoms with Crippen molar-refractivity contribution in [2.24, 2.45) is 11.7 Å². The number of nitrogens with zero attached hydrogens (tertiary/aromatic N) is 1. The predicted octanol–water partition coefficient (Wildman–Crippen LogP) is -0.0819. The molecule has 7 heteroatoms. The van der Waals surface area contributed by atoms with Crippen LogP contribution in [-0.2, 0) is 14.9 Å². The van der Waals surface area contributed by atoms with Crippen LogP contribution < -0.4 is 10.5 Å². The Hall–Kier alpha value is -0.210. The predicted molar refractivity (Wildman–Crippen MR) is 71.4 cm³/mol. The highest BCUT2D eigenvalue weighted by Gasteiger charge is 2.26. The summed E-state index contributed by atoms with van der Waals surface area (Å²) >= 11 is 0. The SMILES string of the molecule is CC1CCCN(S(=O)(=O)NCCCOCCN)C1. The molecule has 0 saturated carbocycles. The summed E-state index contributed by atoms with van der Waals surface area (Å²) in [5.74, 6) is 0.447. The van der Waals surface area contributed by atoms with Crippen LogP contribution in [0.4, 0.5) is 0 Å². The lowest BCUT2D eigenvalue weighted by Crippen LogP contribution is -2.45. The molecule has 1 fully saturated rings. The van der Waals surface area contributed by atoms with Crippen LogP contribution in [0.25, 0.3) is 0 Å². The zero-order valence-corrected chi connectivity index (χ0v) is 11.9. The van der Waals surface area contributed by atoms with Crippen molar-refractivity contribution in [1.29, 1.82) is 0 Å². The molecule has 18 heavy (non-hydrogen) atoms. The van der Waals surface area contributed by atoms with E-state index < -0.39 is 10.2 Å². The topological polar surface area (TPSA) is 84.7 Å². The molecule has 0 aromatic rings. The van der Waals surface area contributed by atoms with E-state index in [0.717, 1.165) is 12.8 Å². The maximum absolute atomic E-state index is 12.0. The monoisotopic (exact) mass is 279 g/mol. The molecule has 3 N–H and O–H groups in total. The number of hydrogen-bond acceptors (Lipinski definition) is 4. The summed E-state index contributed by atoms with van der Waals surface area (Å²) in [5.41, 5.74) is 5.28. The Morgan fingerprint density at radius 3 is 2.89 bits per heavy atom. The third-order valence-corrected chi connectivity index (χ3v) is 4.55. The molecule has 1 atom stereocenters. The van der Waals surface area contributed by atoms with Crippen LogP contribution in [0, 0.1) is 5.92 Å². The minimum absolute atomic E-state index is 0.414. The van der Waals surface area contributed by atoms with Gasteiger partial charge in [-0.15, -0.1) is 0 Å². The van der Waals surface area contributed by atoms with Gasteiger partial charge < -0.3 is 10.5 Å². The summed E-state index contributed by atoms with van der Waals surface area (Å²) in [6.45, 7) is 5.31. The van der Waals surface area contributed by atoms with Gasteiger partial charge in [0.25, 0.3) is 10.2 Å². The molecule has 108 valence electrons. The molecule has 1 aliphatic heterocycles. The number of rotatable bonds is 8. The van der Waals surface area contributed by atoms with Gasteiger partial charge >= 0.3 is 0 Å². The van der Waals surface area contributed by atoms with E-state index in [-0.39, 0.29) is 0 Å². The van der Waals surface area contributed by atoms with E-state index in [9.17, 15) is 8.42 Å². The van der Waals surface area contributed by atoms with Crippen LogP contribution in [-0.4, -0.2) is 52.1 Å². The molecule has 0 bridgehead atoms. The minimum Gasteiger partial charge on any atom is -0.380 e. The zero-order chi connectivity index (χ0) is 13.4. The lowest BCUT2D eigenvalue weighted by molar-refractivity contribution is 0.140. The number of piperidine rings is 1. The molecule has 0 aromatic heterocycles. The molecule has 0 amide bonds. The second-order valence-electron chi connectivity index (χ2n) is 4.76. The second-order valence-corrected chi connectivity index (χ2v) is 6.51. The fourth-order valence-corrected chi connectivity index (χ4v) is 3.42. The van der Waals surface area contributed by atoms with Crippen molar-refractivity contribution < 1.29 is 13.2 Å². The van der Waals surface area contributed by atoms with Gasteiger partial charge in [0.1, 0.15) is 0 Å². The van der Waals surface area contributed by atoms with Gasteiger partial charge in [0.15, 0.2) is 0 Å². The van der Waals surface area contributed by atoms with Gasteiger partial charge in [0.05, 0.1) is 6.61 Å². The van der Waals surface area contributed by atoms with Crippen molar-refractivity contribution in [3.05, 3.63) is 0 Å². The molecule has 0 aromatic carbocycles. The number of nitrogens with one attached hydrogen (secondary N) is 1. The molecule has 1 saturated heterocycles. The van der Waals surface area contributed by atoms with Crippen LogP contribution in [0.3, 0.4) is 0 Å². The standard InChI is InChI=1S/C11H25N3O3S/c1-11-4-2-7-14(10-11)18(15,16)13-6-3-8-17-9-5-12/h11,13H,2-10,12H2,1H3. The highest BCUT2D eigenvalue weighted by Crippen LogP contribution is 2.17. The first-order valence-corrected chi connectivity index (χ1v) is 8.03. The summed E-state index contributed by atoms with van der Waals surface area (Å²) in [4.78, 5) is 0. The van der Waals surface area contributed by atoms with Gasteiger partial charge in [0.2, 0.25) is 0 Å². The van der Waals surface area contributed by atoms with Crippen LogP contribution in [0.5, 0.6) is 0 Å². The van der Waals surface area contributed by atoms with Crippen molar-refractivity contribution in [2.45, 2.75) is 26.2 Å². The molecule has 0 radical (unpaired) electrons. The van der Waals surface area contributed by atoms with E-state index in [1.807, 2.05) is 0 Å². The van der Waals surface area contributed by atoms with Crippen LogP contribution >= 0.6 is 0 Å². The van der Waals surface area contributed by atoms with Gasteiger partial charge in [-0.3, -0.25) is 0 Å². The fourth-order valence-electron chi connectivity index (χ4n) is 2.02. The van der Waals surface area contributed by atoms with Gasteiger partial charge in [-0.05, 0) is 25.2 Å². The molecule has 6 nitrogen and oxygen atoms in total. The summed E-state index contributed by atoms with van der Waals surface area (Å²) in [6.07, 6.45) is 2.73. The van der Waals surface area contributed by atoms with Crippen molar-refractivity contribution in [3.8, 4) is 0 Å². The first-order chi connectivity index (χ1) is 8.56. The van der Waals surface area contributed by atoms with Crippen molar-refractivity contribution in [2.75, 3.05) is 39.4 Å². The van der Waals surface area contributed by atoms with E-state index in [0.29, 0.717) is 51.7 Å². The van der Waals surface area contributed by atoms with E-state index in [4.69, 9.17) is 10.5 Å². The maximum atomic E-state index is 12.0. The van der Waals surface area contributed by atoms with Gasteiger partial charge in [-0.1, -0.05) is 6.92 Å². The number of hydrogen-bond donors (Lipinski definition) is 2. The Morgan fingerprint density at radius 1 is 1.44 bits per heavy atom. The maximum Gasteiger partial charge on any atom is 0.279 e. The Balaban J connectivity index is 2.22. The van der Waals surface area contributed by atoms with E-state index >= 15 is 0 Å². The normalized spacial score (nSPS) is 22.2. The smallest absolute Gasteiger partial charge is 0.279 e. The third kappa shape index (κ3) is 5.62. The summed E-state index contributed by atoms with van der Waals surface area (Å²) in [5, 5.41) is 0. The zero-order valence-electron chi connectivity index (χ0n) is 11.1. The number of nitrogens with two attached hydrogens (primary N) is 1. The lowest BCUT2D eigenvalue weighted by atomic mass is 10.0. The fraction of sp³-hybridized carbons (Fsp3) is 1.00. The molecule has 0 aliphatic carbocycles. The van der Waals surface area contributed by atoms with Crippen LogP contribution in [0.1, 0.15) is 26.2 Å². The van der Waals surface area contributed by atoms with Crippen molar-refractivity contribution in [3.63, 3.8) is 0 Å². The average molecular weight is 279 g/mol. The quantitative estimate of drug-likeness (QED) is 0.609. The highest BCUT2D eigenvalue weighted by atomic mass is 32.2. The highest BCUT2D eigenvalue weighted by molar-refractivity contribution is 7.87. The summed E-state index contributed by atoms with van der Waals surface area (Å²) in [6, 6.07) is 0. The summed E-state index contributed by atoms with van der Waals surface area (Å²) < 4.78 is 33.3. The second kappa shape index (κ2) is 8.06. The number of ether oxygens (including phenoxy) is 1. The van der Waals surface area contributed by atoms with Crippen LogP contribution in [0.2, 0.25) is 0 Å². The molecular formula is C11H25N3O3S. The Kier molecular flexibility index (Phi) is 7.10. The summed E-state index contributed by atoms with van der Waals surface area (Å²) in [7, 11) is -3.31. The van der Waals surface area contributed by atoms with Crippen molar-refractivity contribution >= 4 is 10.2 Å². The lowest BCUT2D eigenvalue weighted by Gasteiger charge is -2.29. The van der Waals surface area contributed by atoms with Crippen molar-refractivity contribution in [1.82, 2.24) is 9.03 Å². The third-order valence-electron chi connectivity index (χ3n) is 2.97. The molecule has 0 spiro atoms. The molecule has 1 unspecified atom stereocenters. The van der Waals surface area contributed by atoms with Gasteiger partial charge in [-0.2, -0.15) is 12.7 Å². The first kappa shape index (κ1) is 15.8.